The molecule has 2 fully saturated rings. The number of ketones is 1. The highest BCUT2D eigenvalue weighted by Crippen LogP contribution is 2.30. The molecule has 0 bridgehead atoms. The van der Waals surface area contributed by atoms with E-state index in [0.29, 0.717) is 17.7 Å². The van der Waals surface area contributed by atoms with Crippen LogP contribution in [-0.2, 0) is 19.1 Å². The summed E-state index contributed by atoms with van der Waals surface area (Å²) in [5.41, 5.74) is 0. The molecule has 2 aliphatic heterocycles. The van der Waals surface area contributed by atoms with E-state index in [-0.39, 0.29) is 49.3 Å². The van der Waals surface area contributed by atoms with Crippen molar-refractivity contribution in [2.24, 2.45) is 35.5 Å². The smallest absolute Gasteiger partial charge is 0.311 e. The molecule has 7 heteroatoms. The maximum atomic E-state index is 12.7. The van der Waals surface area contributed by atoms with Gasteiger partial charge in [-0.2, -0.15) is 0 Å². The molecular formula is C30H59NO6. The molecule has 0 aromatic rings. The quantitative estimate of drug-likeness (QED) is 0.468. The zero-order chi connectivity index (χ0) is 27.7. The van der Waals surface area contributed by atoms with E-state index < -0.39 is 18.3 Å². The van der Waals surface area contributed by atoms with Crippen molar-refractivity contribution in [3.63, 3.8) is 0 Å². The second-order valence-electron chi connectivity index (χ2n) is 12.1. The van der Waals surface area contributed by atoms with Crippen molar-refractivity contribution in [3.05, 3.63) is 0 Å². The van der Waals surface area contributed by atoms with Gasteiger partial charge in [0.25, 0.3) is 0 Å². The predicted molar refractivity (Wildman–Crippen MR) is 150 cm³/mol. The summed E-state index contributed by atoms with van der Waals surface area (Å²) in [7, 11) is 4.07. The minimum atomic E-state index is -0.712. The maximum absolute atomic E-state index is 12.7. The molecule has 0 amide bonds. The lowest BCUT2D eigenvalue weighted by Crippen LogP contribution is -2.41. The molecule has 0 aromatic carbocycles. The zero-order valence-electron chi connectivity index (χ0n) is 24.6. The molecule has 7 nitrogen and oxygen atoms in total. The Kier molecular flexibility index (Phi) is 16.4. The number of hydrogen-bond donors (Lipinski definition) is 2. The third kappa shape index (κ3) is 11.7. The van der Waals surface area contributed by atoms with E-state index in [4.69, 9.17) is 9.47 Å². The van der Waals surface area contributed by atoms with Gasteiger partial charge in [-0.05, 0) is 77.8 Å². The molecule has 0 radical (unpaired) electrons. The summed E-state index contributed by atoms with van der Waals surface area (Å²) in [6.07, 6.45) is 3.55. The van der Waals surface area contributed by atoms with E-state index in [0.717, 1.165) is 38.5 Å². The number of aliphatic hydroxyl groups excluding tert-OH is 2. The highest BCUT2D eigenvalue weighted by Gasteiger charge is 2.34. The van der Waals surface area contributed by atoms with Crippen molar-refractivity contribution >= 4 is 11.8 Å². The van der Waals surface area contributed by atoms with Gasteiger partial charge in [0.15, 0.2) is 6.29 Å². The Balaban J connectivity index is 0.000000902. The largest absolute Gasteiger partial charge is 0.462 e. The minimum absolute atomic E-state index is 0. The number of carbonyl (C=O) groups is 2. The second kappa shape index (κ2) is 16.8. The number of nitrogens with zero attached hydrogens (tertiary/aromatic N) is 1. The number of cyclic esters (lactones) is 1. The first-order chi connectivity index (χ1) is 16.7. The van der Waals surface area contributed by atoms with Crippen molar-refractivity contribution < 1.29 is 29.3 Å². The number of Topliss-reactive ketones (excluding diaryl/α,β-unsaturated/α-hetero) is 1. The van der Waals surface area contributed by atoms with Gasteiger partial charge in [0, 0.05) is 24.3 Å². The lowest BCUT2D eigenvalue weighted by Gasteiger charge is -2.34. The Morgan fingerprint density at radius 3 is 1.92 bits per heavy atom. The SMILES string of the molecule is C.CC1CC(N(C)C)CC(O)O1.CCC1OC(=O)C(C)C(O)C(C)CC(C)C[C@@H](C)C(=O)[C@H](C)C[C@H]1C. The van der Waals surface area contributed by atoms with Gasteiger partial charge in [-0.1, -0.05) is 49.0 Å². The maximum Gasteiger partial charge on any atom is 0.311 e. The van der Waals surface area contributed by atoms with Crippen LogP contribution in [0, 0.1) is 35.5 Å². The summed E-state index contributed by atoms with van der Waals surface area (Å²) in [6.45, 7) is 15.9. The third-order valence-corrected chi connectivity index (χ3v) is 8.20. The molecule has 37 heavy (non-hydrogen) atoms. The lowest BCUT2D eigenvalue weighted by molar-refractivity contribution is -0.172. The van der Waals surface area contributed by atoms with Crippen LogP contribution < -0.4 is 0 Å². The number of ether oxygens (including phenoxy) is 2. The van der Waals surface area contributed by atoms with Gasteiger partial charge in [0.05, 0.1) is 18.1 Å². The first-order valence-corrected chi connectivity index (χ1v) is 14.1. The standard InChI is InChI=1S/C21H38O4.C8H17NO2.CH4/c1-8-18-13(3)11-16(6)19(22)14(4)9-12(2)10-15(5)20(23)17(7)21(24)25-18;1-6-4-7(9(2)3)5-8(10)11-6;/h12-18,20,23H,8-11H2,1-7H3;6-8,10H,4-5H2,1-3H3;1H4/t12?,13-,14-,15?,16-,17?,18?,20?;;/m1../s1. The van der Waals surface area contributed by atoms with Crippen LogP contribution in [0.5, 0.6) is 0 Å². The van der Waals surface area contributed by atoms with Gasteiger partial charge in [-0.15, -0.1) is 0 Å². The average Bonchev–Trinajstić information content (AvgIpc) is 2.79. The Hall–Kier alpha value is -1.02. The Morgan fingerprint density at radius 2 is 1.41 bits per heavy atom. The fourth-order valence-corrected chi connectivity index (χ4v) is 5.90. The number of aliphatic hydroxyl groups is 2. The van der Waals surface area contributed by atoms with Crippen molar-refractivity contribution in [1.82, 2.24) is 4.90 Å². The summed E-state index contributed by atoms with van der Waals surface area (Å²) in [6, 6.07) is 0.466. The number of carbonyl (C=O) groups excluding carboxylic acids is 2. The van der Waals surface area contributed by atoms with E-state index in [2.05, 4.69) is 11.8 Å². The highest BCUT2D eigenvalue weighted by atomic mass is 16.6. The van der Waals surface area contributed by atoms with Crippen LogP contribution >= 0.6 is 0 Å². The summed E-state index contributed by atoms with van der Waals surface area (Å²) in [4.78, 5) is 27.3. The van der Waals surface area contributed by atoms with Crippen molar-refractivity contribution in [3.8, 4) is 0 Å². The van der Waals surface area contributed by atoms with Crippen molar-refractivity contribution in [2.45, 2.75) is 132 Å². The van der Waals surface area contributed by atoms with Crippen molar-refractivity contribution in [1.29, 1.82) is 0 Å². The van der Waals surface area contributed by atoms with E-state index in [1.54, 1.807) is 6.92 Å². The number of rotatable bonds is 2. The molecule has 0 saturated carbocycles. The van der Waals surface area contributed by atoms with Crippen LogP contribution in [0.15, 0.2) is 0 Å². The Bertz CT molecular complexity index is 660. The highest BCUT2D eigenvalue weighted by molar-refractivity contribution is 5.82. The molecule has 220 valence electrons. The summed E-state index contributed by atoms with van der Waals surface area (Å²) >= 11 is 0. The first-order valence-electron chi connectivity index (χ1n) is 14.1. The Labute approximate surface area is 227 Å². The molecule has 8 unspecified atom stereocenters. The van der Waals surface area contributed by atoms with E-state index in [9.17, 15) is 19.8 Å². The van der Waals surface area contributed by atoms with E-state index in [1.807, 2.05) is 55.6 Å². The fraction of sp³-hybridized carbons (Fsp3) is 0.933. The molecule has 0 spiro atoms. The van der Waals surface area contributed by atoms with Crippen LogP contribution in [0.1, 0.15) is 101 Å². The van der Waals surface area contributed by atoms with Crippen LogP contribution in [0.4, 0.5) is 0 Å². The molecule has 2 N–H and O–H groups in total. The predicted octanol–water partition coefficient (Wildman–Crippen LogP) is 5.31. The number of esters is 1. The van der Waals surface area contributed by atoms with Gasteiger partial charge < -0.3 is 24.6 Å². The topological polar surface area (TPSA) is 96.3 Å². The molecule has 0 aromatic heterocycles. The second-order valence-corrected chi connectivity index (χ2v) is 12.1. The van der Waals surface area contributed by atoms with Crippen LogP contribution in [-0.4, -0.2) is 71.6 Å². The first kappa shape index (κ1) is 36.0. The zero-order valence-corrected chi connectivity index (χ0v) is 24.6. The summed E-state index contributed by atoms with van der Waals surface area (Å²) < 4.78 is 10.9. The van der Waals surface area contributed by atoms with Gasteiger partial charge in [-0.25, -0.2) is 0 Å². The number of hydrogen-bond acceptors (Lipinski definition) is 7. The summed E-state index contributed by atoms with van der Waals surface area (Å²) in [5.74, 6) is -0.0722. The van der Waals surface area contributed by atoms with Gasteiger partial charge in [0.2, 0.25) is 0 Å². The normalized spacial score (nSPS) is 40.5. The van der Waals surface area contributed by atoms with Gasteiger partial charge >= 0.3 is 5.97 Å². The third-order valence-electron chi connectivity index (χ3n) is 8.20. The lowest BCUT2D eigenvalue weighted by atomic mass is 9.79. The molecule has 2 aliphatic rings. The summed E-state index contributed by atoms with van der Waals surface area (Å²) in [5, 5.41) is 19.8. The molecule has 2 rings (SSSR count). The monoisotopic (exact) mass is 529 g/mol. The molecule has 2 saturated heterocycles. The van der Waals surface area contributed by atoms with Crippen LogP contribution in [0.2, 0.25) is 0 Å². The molecule has 2 heterocycles. The van der Waals surface area contributed by atoms with Crippen molar-refractivity contribution in [2.75, 3.05) is 14.1 Å². The van der Waals surface area contributed by atoms with Crippen LogP contribution in [0.3, 0.4) is 0 Å². The van der Waals surface area contributed by atoms with Crippen LogP contribution in [0.25, 0.3) is 0 Å². The minimum Gasteiger partial charge on any atom is -0.462 e. The molecule has 11 atom stereocenters. The fourth-order valence-electron chi connectivity index (χ4n) is 5.90. The van der Waals surface area contributed by atoms with E-state index >= 15 is 0 Å². The van der Waals surface area contributed by atoms with Gasteiger partial charge in [0.1, 0.15) is 11.9 Å². The Morgan fingerprint density at radius 1 is 0.838 bits per heavy atom. The molecule has 0 aliphatic carbocycles. The van der Waals surface area contributed by atoms with Gasteiger partial charge in [-0.3, -0.25) is 9.59 Å². The van der Waals surface area contributed by atoms with E-state index in [1.165, 1.54) is 0 Å². The average molecular weight is 530 g/mol. The molecular weight excluding hydrogens is 470 g/mol.